The van der Waals surface area contributed by atoms with Gasteiger partial charge in [-0.15, -0.1) is 0 Å². The SMILES string of the molecule is COC(=O)N[C@H](C(=O)N1C[C@H](F)C[C@H]1c1ncc(-c2cc(F)c3c(c2)OC(c2cccc(O[C@@H]4CCOC4)c2)n2c-3cc3cc(-c4cnc([C@@H]5C[C@@H](F)CN5C(=O)[C@@H](NC(=O)OC)C(C)C)[nH]4)ccc32)[nH]1)C(C)C. The Kier molecular flexibility index (Phi) is 13.8. The number of hydrogen-bond donors (Lipinski definition) is 4. The minimum absolute atomic E-state index is 0.0133. The standard InChI is InChI=1S/C53H58F3N9O9/c1-26(2)45(61-52(68)70-5)49(66)63-23-32(54)19-41(63)47-57-21-37(59-47)28-10-11-39-31(14-28)17-40-44-36(56)16-30(18-43(44)74-51(65(39)40)29-8-7-9-34(15-29)73-35-12-13-72-25-35)38-22-58-48(60-38)42-20-33(55)24-64(42)50(67)46(27(3)4)62-53(69)71-6/h7-11,14-18,21-22,26-27,32-33,35,41-42,45-46,51H,12-13,19-20,23-25H2,1-6H3,(H,57,59)(H,58,60)(H,61,68)(H,62,69)/t32-,33-,35-,41+,42+,45+,46+,51?/m1/s1. The smallest absolute Gasteiger partial charge is 0.407 e. The van der Waals surface area contributed by atoms with Crippen LogP contribution in [0.4, 0.5) is 22.8 Å². The van der Waals surface area contributed by atoms with Crippen molar-refractivity contribution in [3.63, 3.8) is 0 Å². The van der Waals surface area contributed by atoms with Gasteiger partial charge in [-0.1, -0.05) is 45.9 Å². The van der Waals surface area contributed by atoms with Crippen LogP contribution in [-0.2, 0) is 23.8 Å². The number of amides is 4. The summed E-state index contributed by atoms with van der Waals surface area (Å²) in [5, 5.41) is 5.90. The summed E-state index contributed by atoms with van der Waals surface area (Å²) < 4.78 is 77.5. The maximum Gasteiger partial charge on any atom is 0.407 e. The van der Waals surface area contributed by atoms with Gasteiger partial charge in [-0.25, -0.2) is 32.7 Å². The molecule has 6 aromatic rings. The lowest BCUT2D eigenvalue weighted by Gasteiger charge is -2.31. The van der Waals surface area contributed by atoms with Crippen LogP contribution in [0.2, 0.25) is 0 Å². The van der Waals surface area contributed by atoms with Crippen LogP contribution >= 0.6 is 0 Å². The molecule has 8 atom stereocenters. The molecule has 4 amide bonds. The topological polar surface area (TPSA) is 207 Å². The number of aromatic nitrogens is 5. The number of likely N-dealkylation sites (tertiary alicyclic amines) is 2. The van der Waals surface area contributed by atoms with Crippen LogP contribution in [0.15, 0.2) is 73.1 Å². The summed E-state index contributed by atoms with van der Waals surface area (Å²) in [6.07, 6.45) is -1.28. The van der Waals surface area contributed by atoms with E-state index in [0.29, 0.717) is 53.3 Å². The molecule has 1 unspecified atom stereocenters. The summed E-state index contributed by atoms with van der Waals surface area (Å²) >= 11 is 0. The van der Waals surface area contributed by atoms with Gasteiger partial charge < -0.3 is 58.7 Å². The Hall–Kier alpha value is -7.55. The van der Waals surface area contributed by atoms with Gasteiger partial charge in [-0.2, -0.15) is 0 Å². The molecule has 4 aliphatic rings. The number of benzene rings is 3. The van der Waals surface area contributed by atoms with Gasteiger partial charge in [0.2, 0.25) is 18.0 Å². The highest BCUT2D eigenvalue weighted by Crippen LogP contribution is 2.48. The number of H-pyrrole nitrogens is 2. The molecule has 3 fully saturated rings. The van der Waals surface area contributed by atoms with Crippen LogP contribution in [0.25, 0.3) is 44.7 Å². The van der Waals surface area contributed by atoms with Crippen LogP contribution in [0.1, 0.15) is 82.5 Å². The molecule has 0 bridgehead atoms. The third kappa shape index (κ3) is 9.59. The Morgan fingerprint density at radius 3 is 1.95 bits per heavy atom. The van der Waals surface area contributed by atoms with Gasteiger partial charge in [-0.05, 0) is 54.3 Å². The second-order valence-corrected chi connectivity index (χ2v) is 19.9. The Morgan fingerprint density at radius 2 is 1.38 bits per heavy atom. The second kappa shape index (κ2) is 20.4. The first-order valence-electron chi connectivity index (χ1n) is 24.8. The van der Waals surface area contributed by atoms with Crippen LogP contribution in [0.3, 0.4) is 0 Å². The van der Waals surface area contributed by atoms with Crippen molar-refractivity contribution in [3.8, 4) is 45.3 Å². The summed E-state index contributed by atoms with van der Waals surface area (Å²) in [6, 6.07) is 14.8. The maximum absolute atomic E-state index is 17.1. The summed E-state index contributed by atoms with van der Waals surface area (Å²) in [5.74, 6) is -0.625. The van der Waals surface area contributed by atoms with Crippen molar-refractivity contribution >= 4 is 34.9 Å². The number of rotatable bonds is 13. The molecular weight excluding hydrogens is 964 g/mol. The lowest BCUT2D eigenvalue weighted by molar-refractivity contribution is -0.136. The fourth-order valence-electron chi connectivity index (χ4n) is 10.5. The number of alkyl carbamates (subject to hydrolysis) is 2. The van der Waals surface area contributed by atoms with Crippen molar-refractivity contribution in [1.29, 1.82) is 0 Å². The van der Waals surface area contributed by atoms with Gasteiger partial charge >= 0.3 is 12.2 Å². The average Bonchev–Trinajstić information content (AvgIpc) is 4.26. The van der Waals surface area contributed by atoms with E-state index in [1.807, 2.05) is 53.1 Å². The molecule has 0 aliphatic carbocycles. The largest absolute Gasteiger partial charge is 0.488 e. The number of aromatic amines is 2. The van der Waals surface area contributed by atoms with E-state index in [4.69, 9.17) is 23.7 Å². The van der Waals surface area contributed by atoms with Crippen molar-refractivity contribution in [2.24, 2.45) is 11.8 Å². The van der Waals surface area contributed by atoms with E-state index < -0.39 is 72.6 Å². The number of halogens is 3. The van der Waals surface area contributed by atoms with Gasteiger partial charge in [0.25, 0.3) is 0 Å². The first-order chi connectivity index (χ1) is 35.6. The highest BCUT2D eigenvalue weighted by Gasteiger charge is 2.44. The van der Waals surface area contributed by atoms with Gasteiger partial charge in [0.15, 0.2) is 0 Å². The Morgan fingerprint density at radius 1 is 0.770 bits per heavy atom. The molecule has 0 spiro atoms. The van der Waals surface area contributed by atoms with Gasteiger partial charge in [-0.3, -0.25) is 9.59 Å². The molecule has 18 nitrogen and oxygen atoms in total. The van der Waals surface area contributed by atoms with Crippen LogP contribution in [-0.4, -0.2) is 129 Å². The molecule has 21 heteroatoms. The molecule has 3 saturated heterocycles. The summed E-state index contributed by atoms with van der Waals surface area (Å²) in [6.45, 7) is 7.81. The molecule has 4 aliphatic heterocycles. The molecule has 3 aromatic heterocycles. The number of methoxy groups -OCH3 is 2. The summed E-state index contributed by atoms with van der Waals surface area (Å²) in [7, 11) is 2.41. The van der Waals surface area contributed by atoms with E-state index in [9.17, 15) is 19.2 Å². The minimum Gasteiger partial charge on any atom is -0.488 e. The quantitative estimate of drug-likeness (QED) is 0.0865. The number of fused-ring (bicyclic) bond motifs is 5. The second-order valence-electron chi connectivity index (χ2n) is 19.9. The number of carbonyl (C=O) groups excluding carboxylic acids is 4. The molecule has 3 aromatic carbocycles. The van der Waals surface area contributed by atoms with Gasteiger partial charge in [0.05, 0.1) is 93.2 Å². The summed E-state index contributed by atoms with van der Waals surface area (Å²) in [4.78, 5) is 70.5. The van der Waals surface area contributed by atoms with Crippen molar-refractivity contribution in [1.82, 2.24) is 44.9 Å². The van der Waals surface area contributed by atoms with E-state index in [2.05, 4.69) is 30.6 Å². The number of imidazole rings is 2. The fraction of sp³-hybridized carbons (Fsp3) is 0.434. The number of alkyl halides is 2. The van der Waals surface area contributed by atoms with E-state index >= 15 is 13.2 Å². The molecule has 0 saturated carbocycles. The number of nitrogens with one attached hydrogen (secondary N) is 4. The lowest BCUT2D eigenvalue weighted by atomic mass is 10.0. The third-order valence-electron chi connectivity index (χ3n) is 14.2. The Balaban J connectivity index is 0.990. The Bertz CT molecular complexity index is 3100. The van der Waals surface area contributed by atoms with Crippen molar-refractivity contribution in [2.45, 2.75) is 95.8 Å². The predicted octanol–water partition coefficient (Wildman–Crippen LogP) is 8.32. The molecule has 7 heterocycles. The first-order valence-corrected chi connectivity index (χ1v) is 24.8. The number of hydrogen-bond acceptors (Lipinski definition) is 11. The van der Waals surface area contributed by atoms with Crippen molar-refractivity contribution in [3.05, 3.63) is 96.1 Å². The van der Waals surface area contributed by atoms with Gasteiger partial charge in [0.1, 0.15) is 59.5 Å². The number of carbonyl (C=O) groups is 4. The molecule has 74 heavy (non-hydrogen) atoms. The zero-order chi connectivity index (χ0) is 52.1. The monoisotopic (exact) mass is 1020 g/mol. The minimum atomic E-state index is -1.35. The molecule has 390 valence electrons. The molecule has 4 N–H and O–H groups in total. The molecule has 0 radical (unpaired) electrons. The fourth-order valence-corrected chi connectivity index (χ4v) is 10.5. The van der Waals surface area contributed by atoms with Crippen molar-refractivity contribution < 1.29 is 56.0 Å². The third-order valence-corrected chi connectivity index (χ3v) is 14.2. The maximum atomic E-state index is 17.1. The lowest BCUT2D eigenvalue weighted by Crippen LogP contribution is -2.51. The van der Waals surface area contributed by atoms with Gasteiger partial charge in [0, 0.05) is 41.3 Å². The van der Waals surface area contributed by atoms with Crippen LogP contribution < -0.4 is 20.1 Å². The highest BCUT2D eigenvalue weighted by atomic mass is 19.1. The molecular formula is C53H58F3N9O9. The van der Waals surface area contributed by atoms with E-state index in [1.54, 1.807) is 40.0 Å². The highest BCUT2D eigenvalue weighted by molar-refractivity contribution is 5.93. The number of nitrogens with zero attached hydrogens (tertiary/aromatic N) is 5. The van der Waals surface area contributed by atoms with E-state index in [-0.39, 0.29) is 55.2 Å². The molecule has 10 rings (SSSR count). The Labute approximate surface area is 424 Å². The van der Waals surface area contributed by atoms with Crippen LogP contribution in [0.5, 0.6) is 11.5 Å². The van der Waals surface area contributed by atoms with Crippen LogP contribution in [0, 0.1) is 17.7 Å². The zero-order valence-electron chi connectivity index (χ0n) is 41.7. The normalized spacial score (nSPS) is 22.1. The number of ether oxygens (including phenoxy) is 5. The van der Waals surface area contributed by atoms with Crippen molar-refractivity contribution in [2.75, 3.05) is 40.5 Å². The van der Waals surface area contributed by atoms with E-state index in [0.717, 1.165) is 28.5 Å². The predicted molar refractivity (Wildman–Crippen MR) is 264 cm³/mol. The zero-order valence-corrected chi connectivity index (χ0v) is 41.7. The summed E-state index contributed by atoms with van der Waals surface area (Å²) in [5.41, 5.74) is 4.30. The first kappa shape index (κ1) is 50.0. The van der Waals surface area contributed by atoms with E-state index in [1.165, 1.54) is 36.3 Å². The average molecular weight is 1020 g/mol.